The van der Waals surface area contributed by atoms with Gasteiger partial charge in [-0.2, -0.15) is 0 Å². The Morgan fingerprint density at radius 3 is 2.70 bits per heavy atom. The highest BCUT2D eigenvalue weighted by atomic mass is 16.6. The molecule has 6 nitrogen and oxygen atoms in total. The molecule has 6 heteroatoms. The van der Waals surface area contributed by atoms with Crippen molar-refractivity contribution in [2.45, 2.75) is 50.7 Å². The highest BCUT2D eigenvalue weighted by Crippen LogP contribution is 2.46. The minimum atomic E-state index is -0.00163. The van der Waals surface area contributed by atoms with Crippen molar-refractivity contribution in [3.05, 3.63) is 59.2 Å². The first kappa shape index (κ1) is 20.8. The van der Waals surface area contributed by atoms with Gasteiger partial charge in [0.2, 0.25) is 0 Å². The molecule has 174 valence electrons. The summed E-state index contributed by atoms with van der Waals surface area (Å²) in [6, 6.07) is 15.3. The molecule has 4 atom stereocenters. The molecule has 6 rings (SSSR count). The van der Waals surface area contributed by atoms with Gasteiger partial charge in [0, 0.05) is 31.7 Å². The fraction of sp³-hybridized carbons (Fsp3) is 0.519. The van der Waals surface area contributed by atoms with E-state index < -0.39 is 0 Å². The monoisotopic (exact) mass is 447 g/mol. The van der Waals surface area contributed by atoms with Gasteiger partial charge in [0.05, 0.1) is 6.04 Å². The molecule has 0 unspecified atom stereocenters. The summed E-state index contributed by atoms with van der Waals surface area (Å²) in [4.78, 5) is 18.2. The number of hydrogen-bond acceptors (Lipinski definition) is 4. The fourth-order valence-corrected chi connectivity index (χ4v) is 6.33. The number of benzene rings is 2. The fourth-order valence-electron chi connectivity index (χ4n) is 6.33. The highest BCUT2D eigenvalue weighted by molar-refractivity contribution is 5.75. The van der Waals surface area contributed by atoms with Gasteiger partial charge < -0.3 is 19.7 Å². The molecular weight excluding hydrogens is 414 g/mol. The lowest BCUT2D eigenvalue weighted by Gasteiger charge is -2.52. The molecule has 4 aliphatic heterocycles. The molecule has 4 aliphatic rings. The van der Waals surface area contributed by atoms with Crippen LogP contribution in [0.5, 0.6) is 11.5 Å². The van der Waals surface area contributed by atoms with Gasteiger partial charge in [-0.05, 0) is 67.3 Å². The van der Waals surface area contributed by atoms with E-state index in [4.69, 9.17) is 9.47 Å². The maximum atomic E-state index is 13.4. The molecule has 2 aromatic rings. The van der Waals surface area contributed by atoms with E-state index in [-0.39, 0.29) is 18.1 Å². The second kappa shape index (κ2) is 8.56. The second-order valence-electron chi connectivity index (χ2n) is 9.94. The molecule has 2 aromatic carbocycles. The molecule has 2 saturated heterocycles. The summed E-state index contributed by atoms with van der Waals surface area (Å²) in [5, 5.41) is 3.27. The molecule has 0 bridgehead atoms. The SMILES string of the molecule is C[C@@H](NC(=O)N1CCC[C@@H]2CN3CCc4cc5c(cc4[C@H]3C[C@@H]21)OCCO5)c1ccccc1. The first-order valence-electron chi connectivity index (χ1n) is 12.5. The van der Waals surface area contributed by atoms with Crippen molar-refractivity contribution in [2.24, 2.45) is 5.92 Å². The minimum absolute atomic E-state index is 0.00163. The lowest BCUT2D eigenvalue weighted by Crippen LogP contribution is -2.59. The predicted octanol–water partition coefficient (Wildman–Crippen LogP) is 4.31. The zero-order chi connectivity index (χ0) is 22.4. The van der Waals surface area contributed by atoms with Crippen molar-refractivity contribution < 1.29 is 14.3 Å². The Bertz CT molecular complexity index is 1030. The third kappa shape index (κ3) is 3.84. The van der Waals surface area contributed by atoms with E-state index in [0.717, 1.165) is 56.0 Å². The number of nitrogens with one attached hydrogen (secondary N) is 1. The summed E-state index contributed by atoms with van der Waals surface area (Å²) < 4.78 is 11.7. The van der Waals surface area contributed by atoms with Crippen LogP contribution in [0.2, 0.25) is 0 Å². The number of ether oxygens (including phenoxy) is 2. The van der Waals surface area contributed by atoms with Crippen molar-refractivity contribution in [1.82, 2.24) is 15.1 Å². The third-order valence-electron chi connectivity index (χ3n) is 8.02. The molecule has 2 amide bonds. The van der Waals surface area contributed by atoms with Crippen LogP contribution < -0.4 is 14.8 Å². The van der Waals surface area contributed by atoms with Crippen molar-refractivity contribution in [3.63, 3.8) is 0 Å². The van der Waals surface area contributed by atoms with Crippen molar-refractivity contribution in [3.8, 4) is 11.5 Å². The topological polar surface area (TPSA) is 54.0 Å². The number of amides is 2. The maximum Gasteiger partial charge on any atom is 0.318 e. The Hall–Kier alpha value is -2.73. The van der Waals surface area contributed by atoms with Gasteiger partial charge in [0.25, 0.3) is 0 Å². The smallest absolute Gasteiger partial charge is 0.318 e. The number of carbonyl (C=O) groups excluding carboxylic acids is 1. The summed E-state index contributed by atoms with van der Waals surface area (Å²) in [5.41, 5.74) is 3.89. The standard InChI is InChI=1S/C27H33N3O3/c1-18(19-6-3-2-4-7-19)28-27(31)30-10-5-8-21-17-29-11-9-20-14-25-26(33-13-12-32-25)15-22(20)24(29)16-23(21)30/h2-4,6-7,14-15,18,21,23-24H,5,8-13,16-17H2,1H3,(H,28,31)/t18-,21-,23+,24-/m1/s1. The van der Waals surface area contributed by atoms with Crippen LogP contribution in [0, 0.1) is 5.92 Å². The predicted molar refractivity (Wildman–Crippen MR) is 127 cm³/mol. The lowest BCUT2D eigenvalue weighted by atomic mass is 9.76. The number of likely N-dealkylation sites (tertiary alicyclic amines) is 1. The molecule has 0 radical (unpaired) electrons. The summed E-state index contributed by atoms with van der Waals surface area (Å²) in [6.45, 7) is 6.29. The Balaban J connectivity index is 1.23. The van der Waals surface area contributed by atoms with Crippen LogP contribution >= 0.6 is 0 Å². The average molecular weight is 448 g/mol. The third-order valence-corrected chi connectivity index (χ3v) is 8.02. The van der Waals surface area contributed by atoms with Gasteiger partial charge >= 0.3 is 6.03 Å². The molecule has 0 spiro atoms. The van der Waals surface area contributed by atoms with Crippen molar-refractivity contribution in [1.29, 1.82) is 0 Å². The Morgan fingerprint density at radius 1 is 1.09 bits per heavy atom. The normalized spacial score (nSPS) is 27.1. The van der Waals surface area contributed by atoms with E-state index in [1.165, 1.54) is 17.5 Å². The zero-order valence-corrected chi connectivity index (χ0v) is 19.3. The van der Waals surface area contributed by atoms with Crippen LogP contribution in [0.3, 0.4) is 0 Å². The van der Waals surface area contributed by atoms with Crippen LogP contribution in [-0.4, -0.2) is 54.7 Å². The van der Waals surface area contributed by atoms with E-state index in [0.29, 0.717) is 25.2 Å². The first-order valence-corrected chi connectivity index (χ1v) is 12.5. The molecule has 0 aliphatic carbocycles. The summed E-state index contributed by atoms with van der Waals surface area (Å²) >= 11 is 0. The lowest BCUT2D eigenvalue weighted by molar-refractivity contribution is 0.00510. The zero-order valence-electron chi connectivity index (χ0n) is 19.3. The van der Waals surface area contributed by atoms with Crippen LogP contribution in [0.4, 0.5) is 4.79 Å². The molecule has 0 aromatic heterocycles. The molecule has 0 saturated carbocycles. The second-order valence-corrected chi connectivity index (χ2v) is 9.94. The number of hydrogen-bond donors (Lipinski definition) is 1. The number of piperidine rings is 2. The van der Waals surface area contributed by atoms with E-state index in [2.05, 4.69) is 46.3 Å². The largest absolute Gasteiger partial charge is 0.486 e. The molecule has 1 N–H and O–H groups in total. The summed E-state index contributed by atoms with van der Waals surface area (Å²) in [5.74, 6) is 2.31. The quantitative estimate of drug-likeness (QED) is 0.745. The Labute approximate surface area is 195 Å². The summed E-state index contributed by atoms with van der Waals surface area (Å²) in [6.07, 6.45) is 4.34. The number of nitrogens with zero attached hydrogens (tertiary/aromatic N) is 2. The van der Waals surface area contributed by atoms with Crippen LogP contribution in [0.1, 0.15) is 55.0 Å². The van der Waals surface area contributed by atoms with Gasteiger partial charge in [-0.15, -0.1) is 0 Å². The van der Waals surface area contributed by atoms with E-state index in [9.17, 15) is 4.79 Å². The molecule has 4 heterocycles. The van der Waals surface area contributed by atoms with Gasteiger partial charge in [0.1, 0.15) is 13.2 Å². The van der Waals surface area contributed by atoms with E-state index in [1.54, 1.807) is 0 Å². The average Bonchev–Trinajstić information content (AvgIpc) is 2.86. The number of fused-ring (bicyclic) bond motifs is 5. The molecular formula is C27H33N3O3. The maximum absolute atomic E-state index is 13.4. The Kier molecular flexibility index (Phi) is 5.41. The van der Waals surface area contributed by atoms with Crippen LogP contribution in [-0.2, 0) is 6.42 Å². The van der Waals surface area contributed by atoms with E-state index >= 15 is 0 Å². The number of carbonyl (C=O) groups is 1. The van der Waals surface area contributed by atoms with Crippen molar-refractivity contribution >= 4 is 6.03 Å². The van der Waals surface area contributed by atoms with Crippen molar-refractivity contribution in [2.75, 3.05) is 32.8 Å². The minimum Gasteiger partial charge on any atom is -0.486 e. The van der Waals surface area contributed by atoms with E-state index in [1.807, 2.05) is 18.2 Å². The first-order chi connectivity index (χ1) is 16.2. The Morgan fingerprint density at radius 2 is 1.88 bits per heavy atom. The van der Waals surface area contributed by atoms with Gasteiger partial charge in [-0.1, -0.05) is 30.3 Å². The highest BCUT2D eigenvalue weighted by Gasteiger charge is 2.44. The van der Waals surface area contributed by atoms with Gasteiger partial charge in [-0.25, -0.2) is 4.79 Å². The van der Waals surface area contributed by atoms with Gasteiger partial charge in [-0.3, -0.25) is 4.90 Å². The van der Waals surface area contributed by atoms with Crippen LogP contribution in [0.15, 0.2) is 42.5 Å². The molecule has 33 heavy (non-hydrogen) atoms. The number of urea groups is 1. The number of rotatable bonds is 2. The summed E-state index contributed by atoms with van der Waals surface area (Å²) in [7, 11) is 0. The van der Waals surface area contributed by atoms with Crippen LogP contribution in [0.25, 0.3) is 0 Å². The molecule has 2 fully saturated rings. The van der Waals surface area contributed by atoms with Gasteiger partial charge in [0.15, 0.2) is 11.5 Å².